The molecule has 0 atom stereocenters. The van der Waals surface area contributed by atoms with Crippen molar-refractivity contribution in [1.29, 1.82) is 0 Å². The minimum atomic E-state index is -3.85. The van der Waals surface area contributed by atoms with Crippen LogP contribution in [0.25, 0.3) is 0 Å². The second-order valence-corrected chi connectivity index (χ2v) is 5.23. The number of hydrogen-bond acceptors (Lipinski definition) is 5. The minimum absolute atomic E-state index is 0.0117. The molecule has 0 fully saturated rings. The van der Waals surface area contributed by atoms with Gasteiger partial charge in [0.15, 0.2) is 0 Å². The highest BCUT2D eigenvalue weighted by Crippen LogP contribution is 2.23. The summed E-state index contributed by atoms with van der Waals surface area (Å²) in [5, 5.41) is -0.0117. The summed E-state index contributed by atoms with van der Waals surface area (Å²) in [5.41, 5.74) is 5.79. The van der Waals surface area contributed by atoms with Crippen molar-refractivity contribution < 1.29 is 17.9 Å². The molecular weight excluding hydrogens is 268 g/mol. The van der Waals surface area contributed by atoms with Crippen molar-refractivity contribution in [2.24, 2.45) is 0 Å². The van der Waals surface area contributed by atoms with Crippen LogP contribution in [0.3, 0.4) is 0 Å². The van der Waals surface area contributed by atoms with Crippen molar-refractivity contribution in [3.63, 3.8) is 0 Å². The van der Waals surface area contributed by atoms with E-state index in [2.05, 4.69) is 9.46 Å². The number of nitrogens with two attached hydrogens (primary N) is 1. The Hall–Kier alpha value is -1.31. The number of methoxy groups -OCH3 is 1. The first-order chi connectivity index (χ1) is 7.86. The summed E-state index contributed by atoms with van der Waals surface area (Å²) < 4.78 is 29.9. The third-order valence-electron chi connectivity index (χ3n) is 1.88. The zero-order chi connectivity index (χ0) is 13.1. The fourth-order valence-electron chi connectivity index (χ4n) is 1.04. The minimum Gasteiger partial charge on any atom is -0.468 e. The number of rotatable bonds is 4. The van der Waals surface area contributed by atoms with E-state index < -0.39 is 22.5 Å². The van der Waals surface area contributed by atoms with Crippen LogP contribution in [-0.2, 0) is 19.6 Å². The predicted octanol–water partition coefficient (Wildman–Crippen LogP) is 0.374. The molecule has 1 aromatic rings. The van der Waals surface area contributed by atoms with Gasteiger partial charge in [0.25, 0.3) is 0 Å². The lowest BCUT2D eigenvalue weighted by atomic mass is 10.3. The molecule has 0 bridgehead atoms. The Morgan fingerprint density at radius 1 is 1.53 bits per heavy atom. The van der Waals surface area contributed by atoms with Crippen LogP contribution in [0.1, 0.15) is 0 Å². The first-order valence-electron chi connectivity index (χ1n) is 4.48. The van der Waals surface area contributed by atoms with Gasteiger partial charge in [-0.25, -0.2) is 8.42 Å². The molecule has 0 amide bonds. The molecule has 0 unspecified atom stereocenters. The van der Waals surface area contributed by atoms with Crippen molar-refractivity contribution >= 4 is 33.3 Å². The largest absolute Gasteiger partial charge is 0.468 e. The Bertz CT molecular complexity index is 530. The van der Waals surface area contributed by atoms with Crippen molar-refractivity contribution in [3.05, 3.63) is 23.2 Å². The maximum atomic E-state index is 11.7. The molecule has 6 nitrogen and oxygen atoms in total. The van der Waals surface area contributed by atoms with Gasteiger partial charge >= 0.3 is 5.97 Å². The molecule has 3 N–H and O–H groups in total. The van der Waals surface area contributed by atoms with E-state index in [4.69, 9.17) is 17.3 Å². The molecule has 0 aromatic heterocycles. The van der Waals surface area contributed by atoms with Crippen LogP contribution < -0.4 is 10.5 Å². The number of carbonyl (C=O) groups excluding carboxylic acids is 1. The molecule has 17 heavy (non-hydrogen) atoms. The van der Waals surface area contributed by atoms with Gasteiger partial charge in [-0.05, 0) is 18.2 Å². The molecule has 0 aliphatic carbocycles. The molecule has 0 aliphatic rings. The van der Waals surface area contributed by atoms with Crippen LogP contribution in [0, 0.1) is 0 Å². The number of sulfonamides is 1. The second kappa shape index (κ2) is 5.35. The van der Waals surface area contributed by atoms with Gasteiger partial charge in [0.1, 0.15) is 11.4 Å². The Balaban J connectivity index is 2.94. The van der Waals surface area contributed by atoms with Crippen LogP contribution in [-0.4, -0.2) is 28.0 Å². The number of benzene rings is 1. The van der Waals surface area contributed by atoms with E-state index in [0.717, 1.165) is 7.11 Å². The highest BCUT2D eigenvalue weighted by Gasteiger charge is 2.18. The number of hydrogen-bond donors (Lipinski definition) is 2. The second-order valence-electron chi connectivity index (χ2n) is 3.09. The van der Waals surface area contributed by atoms with E-state index >= 15 is 0 Å². The van der Waals surface area contributed by atoms with E-state index in [1.807, 2.05) is 0 Å². The summed E-state index contributed by atoms with van der Waals surface area (Å²) in [6, 6.07) is 3.98. The maximum absolute atomic E-state index is 11.7. The average Bonchev–Trinajstić information content (AvgIpc) is 2.25. The Morgan fingerprint density at radius 2 is 2.18 bits per heavy atom. The van der Waals surface area contributed by atoms with Gasteiger partial charge in [-0.15, -0.1) is 0 Å². The molecule has 0 radical (unpaired) electrons. The topological polar surface area (TPSA) is 98.5 Å². The average molecular weight is 279 g/mol. The molecule has 0 saturated heterocycles. The van der Waals surface area contributed by atoms with Crippen LogP contribution >= 0.6 is 11.6 Å². The van der Waals surface area contributed by atoms with Crippen LogP contribution in [0.4, 0.5) is 5.69 Å². The highest BCUT2D eigenvalue weighted by molar-refractivity contribution is 7.89. The van der Waals surface area contributed by atoms with Crippen molar-refractivity contribution in [1.82, 2.24) is 4.72 Å². The lowest BCUT2D eigenvalue weighted by Crippen LogP contribution is -2.30. The number of nitrogens with one attached hydrogen (secondary N) is 1. The van der Waals surface area contributed by atoms with Gasteiger partial charge in [0, 0.05) is 5.69 Å². The molecular formula is C9H11ClN2O4S. The van der Waals surface area contributed by atoms with Crippen molar-refractivity contribution in [3.8, 4) is 0 Å². The standard InChI is InChI=1S/C9H11ClN2O4S/c1-16-9(13)5-12-17(14,15)8-3-2-6(11)4-7(8)10/h2-4,12H,5,11H2,1H3. The fraction of sp³-hybridized carbons (Fsp3) is 0.222. The van der Waals surface area contributed by atoms with Gasteiger partial charge in [-0.3, -0.25) is 4.79 Å². The summed E-state index contributed by atoms with van der Waals surface area (Å²) in [7, 11) is -2.69. The van der Waals surface area contributed by atoms with Gasteiger partial charge in [-0.2, -0.15) is 4.72 Å². The van der Waals surface area contributed by atoms with Gasteiger partial charge in [0.2, 0.25) is 10.0 Å². The number of nitrogen functional groups attached to an aromatic ring is 1. The maximum Gasteiger partial charge on any atom is 0.320 e. The molecule has 1 aromatic carbocycles. The van der Waals surface area contributed by atoms with Crippen LogP contribution in [0.5, 0.6) is 0 Å². The van der Waals surface area contributed by atoms with E-state index in [9.17, 15) is 13.2 Å². The van der Waals surface area contributed by atoms with E-state index in [1.165, 1.54) is 18.2 Å². The number of anilines is 1. The smallest absolute Gasteiger partial charge is 0.320 e. The number of esters is 1. The quantitative estimate of drug-likeness (QED) is 0.612. The van der Waals surface area contributed by atoms with E-state index in [0.29, 0.717) is 5.69 Å². The van der Waals surface area contributed by atoms with Crippen molar-refractivity contribution in [2.75, 3.05) is 19.4 Å². The highest BCUT2D eigenvalue weighted by atomic mass is 35.5. The Morgan fingerprint density at radius 3 is 2.71 bits per heavy atom. The lowest BCUT2D eigenvalue weighted by molar-refractivity contribution is -0.139. The molecule has 0 spiro atoms. The molecule has 8 heteroatoms. The Labute approximate surface area is 104 Å². The number of ether oxygens (including phenoxy) is 1. The first-order valence-corrected chi connectivity index (χ1v) is 6.34. The normalized spacial score (nSPS) is 11.2. The molecule has 0 saturated carbocycles. The SMILES string of the molecule is COC(=O)CNS(=O)(=O)c1ccc(N)cc1Cl. The van der Waals surface area contributed by atoms with Crippen molar-refractivity contribution in [2.45, 2.75) is 4.90 Å². The third-order valence-corrected chi connectivity index (χ3v) is 3.76. The van der Waals surface area contributed by atoms with E-state index in [-0.39, 0.29) is 9.92 Å². The van der Waals surface area contributed by atoms with Gasteiger partial charge in [-0.1, -0.05) is 11.6 Å². The zero-order valence-corrected chi connectivity index (χ0v) is 10.5. The summed E-state index contributed by atoms with van der Waals surface area (Å²) in [5.74, 6) is -0.694. The van der Waals surface area contributed by atoms with E-state index in [1.54, 1.807) is 0 Å². The Kier molecular flexibility index (Phi) is 4.33. The van der Waals surface area contributed by atoms with Gasteiger partial charge < -0.3 is 10.5 Å². The summed E-state index contributed by atoms with van der Waals surface area (Å²) in [6.07, 6.45) is 0. The molecule has 1 rings (SSSR count). The monoisotopic (exact) mass is 278 g/mol. The molecule has 0 aliphatic heterocycles. The molecule has 94 valence electrons. The predicted molar refractivity (Wildman–Crippen MR) is 63.1 cm³/mol. The number of halogens is 1. The first kappa shape index (κ1) is 13.8. The molecule has 0 heterocycles. The lowest BCUT2D eigenvalue weighted by Gasteiger charge is -2.07. The van der Waals surface area contributed by atoms with Crippen LogP contribution in [0.2, 0.25) is 5.02 Å². The third kappa shape index (κ3) is 3.58. The summed E-state index contributed by atoms with van der Waals surface area (Å²) in [6.45, 7) is -0.459. The summed E-state index contributed by atoms with van der Waals surface area (Å²) in [4.78, 5) is 10.7. The van der Waals surface area contributed by atoms with Gasteiger partial charge in [0.05, 0.1) is 12.1 Å². The zero-order valence-electron chi connectivity index (χ0n) is 8.94. The fourth-order valence-corrected chi connectivity index (χ4v) is 2.56. The van der Waals surface area contributed by atoms with Crippen LogP contribution in [0.15, 0.2) is 23.1 Å². The number of carbonyl (C=O) groups is 1. The summed E-state index contributed by atoms with van der Waals surface area (Å²) >= 11 is 5.75.